The number of hydrogen-bond acceptors (Lipinski definition) is 3. The van der Waals surface area contributed by atoms with Crippen molar-refractivity contribution in [3.63, 3.8) is 0 Å². The number of carbonyl (C=O) groups excluding carboxylic acids is 1. The van der Waals surface area contributed by atoms with Gasteiger partial charge in [-0.1, -0.05) is 15.9 Å². The fraction of sp³-hybridized carbons (Fsp3) is 0.417. The van der Waals surface area contributed by atoms with Crippen LogP contribution >= 0.6 is 15.9 Å². The zero-order valence-corrected chi connectivity index (χ0v) is 12.3. The van der Waals surface area contributed by atoms with Crippen LogP contribution in [0.4, 0.5) is 23.7 Å². The monoisotopic (exact) mass is 368 g/mol. The Hall–Kier alpha value is -1.48. The van der Waals surface area contributed by atoms with Crippen LogP contribution in [0.5, 0.6) is 5.75 Å². The minimum absolute atomic E-state index is 0.0491. The number of urea groups is 1. The lowest BCUT2D eigenvalue weighted by molar-refractivity contribution is -0.274. The van der Waals surface area contributed by atoms with Crippen molar-refractivity contribution in [2.45, 2.75) is 6.36 Å². The Morgan fingerprint density at radius 2 is 2.00 bits per heavy atom. The van der Waals surface area contributed by atoms with Gasteiger partial charge in [0, 0.05) is 17.6 Å². The Morgan fingerprint density at radius 3 is 2.62 bits per heavy atom. The number of nitrogens with one attached hydrogen (secondary N) is 1. The van der Waals surface area contributed by atoms with Gasteiger partial charge in [0.05, 0.1) is 18.9 Å². The van der Waals surface area contributed by atoms with Gasteiger partial charge < -0.3 is 19.7 Å². The highest BCUT2D eigenvalue weighted by atomic mass is 79.9. The zero-order valence-electron chi connectivity index (χ0n) is 10.7. The highest BCUT2D eigenvalue weighted by Crippen LogP contribution is 2.33. The van der Waals surface area contributed by atoms with Gasteiger partial charge in [0.2, 0.25) is 0 Å². The SMILES string of the molecule is O=C(Nc1ccc(Br)cc1OC(F)(F)F)N1CCOCC1. The number of hydrogen-bond donors (Lipinski definition) is 1. The third-order valence-corrected chi connectivity index (χ3v) is 3.20. The van der Waals surface area contributed by atoms with Crippen LogP contribution in [0.25, 0.3) is 0 Å². The second kappa shape index (κ2) is 6.52. The quantitative estimate of drug-likeness (QED) is 0.871. The molecule has 1 heterocycles. The van der Waals surface area contributed by atoms with E-state index in [-0.39, 0.29) is 5.69 Å². The predicted octanol–water partition coefficient (Wildman–Crippen LogP) is 3.21. The lowest BCUT2D eigenvalue weighted by atomic mass is 10.3. The molecule has 21 heavy (non-hydrogen) atoms. The molecule has 1 aromatic rings. The predicted molar refractivity (Wildman–Crippen MR) is 72.2 cm³/mol. The standard InChI is InChI=1S/C12H12BrF3N2O3/c13-8-1-2-9(10(7-8)21-12(14,15)16)17-11(19)18-3-5-20-6-4-18/h1-2,7H,3-6H2,(H,17,19). The summed E-state index contributed by atoms with van der Waals surface area (Å²) >= 11 is 3.06. The molecule has 5 nitrogen and oxygen atoms in total. The molecule has 0 spiro atoms. The Labute approximate surface area is 127 Å². The summed E-state index contributed by atoms with van der Waals surface area (Å²) in [5, 5.41) is 2.42. The fourth-order valence-electron chi connectivity index (χ4n) is 1.77. The maximum absolute atomic E-state index is 12.4. The van der Waals surface area contributed by atoms with Crippen molar-refractivity contribution < 1.29 is 27.4 Å². The zero-order chi connectivity index (χ0) is 15.5. The number of carbonyl (C=O) groups is 1. The summed E-state index contributed by atoms with van der Waals surface area (Å²) < 4.78 is 46.5. The molecule has 1 saturated heterocycles. The van der Waals surface area contributed by atoms with Crippen LogP contribution in [-0.4, -0.2) is 43.6 Å². The maximum atomic E-state index is 12.4. The average Bonchev–Trinajstić information content (AvgIpc) is 2.41. The third-order valence-electron chi connectivity index (χ3n) is 2.71. The van der Waals surface area contributed by atoms with E-state index in [1.807, 2.05) is 0 Å². The van der Waals surface area contributed by atoms with Crippen molar-refractivity contribution in [1.29, 1.82) is 0 Å². The molecule has 0 atom stereocenters. The van der Waals surface area contributed by atoms with Crippen molar-refractivity contribution in [2.24, 2.45) is 0 Å². The van der Waals surface area contributed by atoms with Crippen molar-refractivity contribution in [3.8, 4) is 5.75 Å². The van der Waals surface area contributed by atoms with Crippen LogP contribution in [0.2, 0.25) is 0 Å². The van der Waals surface area contributed by atoms with Gasteiger partial charge in [-0.15, -0.1) is 13.2 Å². The number of amides is 2. The molecule has 2 rings (SSSR count). The molecule has 1 fully saturated rings. The summed E-state index contributed by atoms with van der Waals surface area (Å²) in [7, 11) is 0. The highest BCUT2D eigenvalue weighted by Gasteiger charge is 2.32. The maximum Gasteiger partial charge on any atom is 0.573 e. The third kappa shape index (κ3) is 4.78. The van der Waals surface area contributed by atoms with Crippen molar-refractivity contribution >= 4 is 27.6 Å². The Kier molecular flexibility index (Phi) is 4.94. The molecule has 1 aliphatic heterocycles. The lowest BCUT2D eigenvalue weighted by Crippen LogP contribution is -2.43. The molecule has 0 aliphatic carbocycles. The summed E-state index contributed by atoms with van der Waals surface area (Å²) in [6.45, 7) is 1.58. The van der Waals surface area contributed by atoms with E-state index in [4.69, 9.17) is 4.74 Å². The summed E-state index contributed by atoms with van der Waals surface area (Å²) in [6, 6.07) is 3.50. The summed E-state index contributed by atoms with van der Waals surface area (Å²) in [5.74, 6) is -0.474. The van der Waals surface area contributed by atoms with Gasteiger partial charge in [0.25, 0.3) is 0 Å². The van der Waals surface area contributed by atoms with E-state index in [0.717, 1.165) is 6.07 Å². The van der Waals surface area contributed by atoms with Gasteiger partial charge in [-0.2, -0.15) is 0 Å². The molecular formula is C12H12BrF3N2O3. The number of ether oxygens (including phenoxy) is 2. The molecule has 116 valence electrons. The minimum Gasteiger partial charge on any atom is -0.404 e. The molecule has 0 unspecified atom stereocenters. The molecule has 9 heteroatoms. The van der Waals surface area contributed by atoms with Crippen molar-refractivity contribution in [2.75, 3.05) is 31.6 Å². The van der Waals surface area contributed by atoms with Crippen LogP contribution in [0.3, 0.4) is 0 Å². The molecule has 0 bridgehead atoms. The highest BCUT2D eigenvalue weighted by molar-refractivity contribution is 9.10. The molecule has 1 N–H and O–H groups in total. The van der Waals surface area contributed by atoms with E-state index in [0.29, 0.717) is 30.8 Å². The molecule has 1 aromatic carbocycles. The van der Waals surface area contributed by atoms with Crippen LogP contribution in [-0.2, 0) is 4.74 Å². The van der Waals surface area contributed by atoms with Gasteiger partial charge >= 0.3 is 12.4 Å². The smallest absolute Gasteiger partial charge is 0.404 e. The summed E-state index contributed by atoms with van der Waals surface area (Å²) in [5.41, 5.74) is -0.0491. The van der Waals surface area contributed by atoms with Gasteiger partial charge in [-0.25, -0.2) is 4.79 Å². The molecule has 0 aromatic heterocycles. The first-order valence-electron chi connectivity index (χ1n) is 6.04. The first-order chi connectivity index (χ1) is 9.85. The topological polar surface area (TPSA) is 50.8 Å². The number of nitrogens with zero attached hydrogens (tertiary/aromatic N) is 1. The number of benzene rings is 1. The molecule has 0 radical (unpaired) electrons. The number of morpholine rings is 1. The molecule has 2 amide bonds. The van der Waals surface area contributed by atoms with Gasteiger partial charge in [-0.3, -0.25) is 0 Å². The molecule has 1 aliphatic rings. The van der Waals surface area contributed by atoms with Crippen LogP contribution in [0.1, 0.15) is 0 Å². The fourth-order valence-corrected chi connectivity index (χ4v) is 2.11. The van der Waals surface area contributed by atoms with Crippen LogP contribution in [0, 0.1) is 0 Å². The van der Waals surface area contributed by atoms with Crippen molar-refractivity contribution in [1.82, 2.24) is 4.90 Å². The summed E-state index contributed by atoms with van der Waals surface area (Å²) in [6.07, 6.45) is -4.83. The number of halogens is 4. The van der Waals surface area contributed by atoms with E-state index >= 15 is 0 Å². The first kappa shape index (κ1) is 15.9. The average molecular weight is 369 g/mol. The molecular weight excluding hydrogens is 357 g/mol. The lowest BCUT2D eigenvalue weighted by Gasteiger charge is -2.27. The first-order valence-corrected chi connectivity index (χ1v) is 6.83. The Morgan fingerprint density at radius 1 is 1.33 bits per heavy atom. The van der Waals surface area contributed by atoms with Crippen LogP contribution < -0.4 is 10.1 Å². The number of rotatable bonds is 2. The van der Waals surface area contributed by atoms with Crippen LogP contribution in [0.15, 0.2) is 22.7 Å². The number of alkyl halides is 3. The Bertz CT molecular complexity index is 519. The van der Waals surface area contributed by atoms with E-state index in [1.54, 1.807) is 0 Å². The Balaban J connectivity index is 2.13. The second-order valence-corrected chi connectivity index (χ2v) is 5.13. The van der Waals surface area contributed by atoms with Gasteiger partial charge in [-0.05, 0) is 18.2 Å². The minimum atomic E-state index is -4.83. The van der Waals surface area contributed by atoms with Gasteiger partial charge in [0.15, 0.2) is 5.75 Å². The second-order valence-electron chi connectivity index (χ2n) is 4.22. The van der Waals surface area contributed by atoms with E-state index in [9.17, 15) is 18.0 Å². The molecule has 0 saturated carbocycles. The van der Waals surface area contributed by atoms with E-state index in [2.05, 4.69) is 26.0 Å². The van der Waals surface area contributed by atoms with Gasteiger partial charge in [0.1, 0.15) is 0 Å². The summed E-state index contributed by atoms with van der Waals surface area (Å²) in [4.78, 5) is 13.4. The van der Waals surface area contributed by atoms with E-state index < -0.39 is 18.1 Å². The van der Waals surface area contributed by atoms with Crippen molar-refractivity contribution in [3.05, 3.63) is 22.7 Å². The largest absolute Gasteiger partial charge is 0.573 e. The number of anilines is 1. The van der Waals surface area contributed by atoms with E-state index in [1.165, 1.54) is 17.0 Å². The normalized spacial score (nSPS) is 15.7.